The minimum Gasteiger partial charge on any atom is -0.479 e. The Bertz CT molecular complexity index is 4390. The Balaban J connectivity index is 0.909. The average molecular weight is 1160 g/mol. The van der Waals surface area contributed by atoms with Crippen molar-refractivity contribution in [2.45, 2.75) is 98.8 Å². The van der Waals surface area contributed by atoms with Gasteiger partial charge in [0.1, 0.15) is 15.7 Å². The van der Waals surface area contributed by atoms with Gasteiger partial charge in [-0.15, -0.1) is 22.7 Å². The molecular weight excluding hydrogens is 1100 g/mol. The van der Waals surface area contributed by atoms with E-state index in [4.69, 9.17) is 52.6 Å². The number of carboxylic acids is 2. The number of carboxylic acid groups (broad SMARTS) is 2. The minimum absolute atomic E-state index is 0.124. The fourth-order valence-corrected chi connectivity index (χ4v) is 13.2. The summed E-state index contributed by atoms with van der Waals surface area (Å²) in [6.07, 6.45) is 1.10. The molecule has 0 aliphatic rings. The Morgan fingerprint density at radius 1 is 0.630 bits per heavy atom. The third kappa shape index (κ3) is 10.7. The lowest BCUT2D eigenvalue weighted by Crippen LogP contribution is -2.28. The number of aryl methyl sites for hydroxylation is 5. The van der Waals surface area contributed by atoms with Crippen molar-refractivity contribution in [1.29, 1.82) is 0 Å². The van der Waals surface area contributed by atoms with Crippen LogP contribution in [0.2, 0.25) is 10.0 Å². The van der Waals surface area contributed by atoms with E-state index in [2.05, 4.69) is 16.7 Å². The van der Waals surface area contributed by atoms with Crippen LogP contribution in [0.15, 0.2) is 120 Å². The van der Waals surface area contributed by atoms with Crippen LogP contribution < -0.4 is 5.56 Å². The molecule has 412 valence electrons. The summed E-state index contributed by atoms with van der Waals surface area (Å²) in [6.45, 7) is 17.8. The molecule has 81 heavy (non-hydrogen) atoms. The zero-order chi connectivity index (χ0) is 57.6. The first-order valence-electron chi connectivity index (χ1n) is 26.2. The third-order valence-electron chi connectivity index (χ3n) is 14.2. The van der Waals surface area contributed by atoms with Crippen LogP contribution in [-0.2, 0) is 39.2 Å². The summed E-state index contributed by atoms with van der Waals surface area (Å²) in [5, 5.41) is 25.2. The Kier molecular flexibility index (Phi) is 14.4. The molecule has 0 fully saturated rings. The number of hydrogen-bond acceptors (Lipinski definition) is 11. The number of pyridine rings is 2. The van der Waals surface area contributed by atoms with E-state index in [1.165, 1.54) is 22.7 Å². The maximum absolute atomic E-state index is 13.8. The van der Waals surface area contributed by atoms with Crippen LogP contribution in [0.3, 0.4) is 0 Å². The molecule has 0 unspecified atom stereocenters. The molecule has 6 heterocycles. The van der Waals surface area contributed by atoms with Crippen LogP contribution in [0.4, 0.5) is 0 Å². The Morgan fingerprint density at radius 3 is 1.64 bits per heavy atom. The third-order valence-corrected chi connectivity index (χ3v) is 17.0. The number of thiazole rings is 2. The van der Waals surface area contributed by atoms with Gasteiger partial charge in [-0.1, -0.05) is 53.5 Å². The van der Waals surface area contributed by atoms with Gasteiger partial charge in [-0.3, -0.25) is 19.1 Å². The monoisotopic (exact) mass is 1160 g/mol. The maximum Gasteiger partial charge on any atom is 0.337 e. The molecule has 0 bridgehead atoms. The van der Waals surface area contributed by atoms with E-state index in [-0.39, 0.29) is 5.56 Å². The van der Waals surface area contributed by atoms with Gasteiger partial charge in [0.05, 0.1) is 54.8 Å². The largest absolute Gasteiger partial charge is 0.479 e. The molecule has 2 atom stereocenters. The van der Waals surface area contributed by atoms with E-state index in [1.807, 2.05) is 140 Å². The number of rotatable bonds is 14. The van der Waals surface area contributed by atoms with Crippen LogP contribution in [0.5, 0.6) is 0 Å². The van der Waals surface area contributed by atoms with Gasteiger partial charge in [0, 0.05) is 86.1 Å². The topological polar surface area (TPSA) is 176 Å². The molecule has 0 amide bonds. The molecule has 6 aromatic heterocycles. The van der Waals surface area contributed by atoms with Crippen LogP contribution in [-0.4, -0.2) is 67.2 Å². The fourth-order valence-electron chi connectivity index (χ4n) is 10.7. The van der Waals surface area contributed by atoms with Gasteiger partial charge >= 0.3 is 11.9 Å². The number of halogens is 2. The van der Waals surface area contributed by atoms with Crippen LogP contribution in [0.1, 0.15) is 81.7 Å². The fraction of sp³-hybridized carbons (Fsp3) is 0.254. The predicted octanol–water partition coefficient (Wildman–Crippen LogP) is 15.5. The molecule has 0 spiro atoms. The standard InChI is InChI=1S/C63H57Cl2N7O7S2/c1-32-25-45-54(50(35-11-16-41(64)17-12-35)48(32)52(60(74)75)78-62(4,5)6)80-57(68-45)37-15-20-43-47(30-37)72(70(10)59(43)73)24-23-71-34(3)27-39-28-40(31-67-56(39)71)44-29-38(21-22-66-44)58-69-46-26-33(2)49(53(61(76)77)79-63(7,8)9)51(55(46)81-58)36-13-18-42(65)19-14-36/h11-22,25-31,52-53H,23-24H2,1-10H3,(H,74,75)(H,76,77)/t52-,53-/m0/s1. The molecule has 0 aliphatic heterocycles. The minimum atomic E-state index is -1.25. The zero-order valence-corrected chi connectivity index (χ0v) is 49.3. The highest BCUT2D eigenvalue weighted by Gasteiger charge is 2.34. The highest BCUT2D eigenvalue weighted by molar-refractivity contribution is 7.22. The quantitative estimate of drug-likeness (QED) is 0.106. The van der Waals surface area contributed by atoms with Crippen LogP contribution >= 0.6 is 45.9 Å². The van der Waals surface area contributed by atoms with Gasteiger partial charge in [-0.25, -0.2) is 24.5 Å². The van der Waals surface area contributed by atoms with Crippen molar-refractivity contribution in [2.75, 3.05) is 0 Å². The molecule has 0 radical (unpaired) electrons. The van der Waals surface area contributed by atoms with Crippen molar-refractivity contribution < 1.29 is 29.3 Å². The summed E-state index contributed by atoms with van der Waals surface area (Å²) in [7, 11) is 1.77. The van der Waals surface area contributed by atoms with Crippen molar-refractivity contribution in [1.82, 2.24) is 33.9 Å². The van der Waals surface area contributed by atoms with E-state index >= 15 is 0 Å². The van der Waals surface area contributed by atoms with E-state index in [0.29, 0.717) is 55.9 Å². The van der Waals surface area contributed by atoms with Crippen molar-refractivity contribution in [3.05, 3.63) is 164 Å². The summed E-state index contributed by atoms with van der Waals surface area (Å²) in [6, 6.07) is 32.5. The summed E-state index contributed by atoms with van der Waals surface area (Å²) in [4.78, 5) is 59.8. The van der Waals surface area contributed by atoms with Crippen molar-refractivity contribution in [3.63, 3.8) is 0 Å². The van der Waals surface area contributed by atoms with Gasteiger partial charge < -0.3 is 24.3 Å². The van der Waals surface area contributed by atoms with Crippen molar-refractivity contribution in [2.24, 2.45) is 7.05 Å². The van der Waals surface area contributed by atoms with Gasteiger partial charge in [0.15, 0.2) is 12.2 Å². The maximum atomic E-state index is 13.8. The van der Waals surface area contributed by atoms with Gasteiger partial charge in [-0.2, -0.15) is 0 Å². The normalized spacial score (nSPS) is 13.0. The second-order valence-electron chi connectivity index (χ2n) is 22.3. The molecule has 0 aliphatic carbocycles. The van der Waals surface area contributed by atoms with E-state index in [1.54, 1.807) is 42.2 Å². The number of hydrogen-bond donors (Lipinski definition) is 2. The summed E-state index contributed by atoms with van der Waals surface area (Å²) in [5.41, 5.74) is 11.2. The summed E-state index contributed by atoms with van der Waals surface area (Å²) in [5.74, 6) is -2.18. The second kappa shape index (κ2) is 21.1. The Morgan fingerprint density at radius 2 is 1.14 bits per heavy atom. The molecule has 18 heteroatoms. The molecular formula is C63H57Cl2N7O7S2. The molecule has 2 N–H and O–H groups in total. The first-order valence-corrected chi connectivity index (χ1v) is 28.6. The van der Waals surface area contributed by atoms with E-state index < -0.39 is 35.3 Å². The van der Waals surface area contributed by atoms with Gasteiger partial charge in [-0.05, 0) is 157 Å². The molecule has 5 aromatic carbocycles. The second-order valence-corrected chi connectivity index (χ2v) is 25.2. The van der Waals surface area contributed by atoms with Gasteiger partial charge in [0.25, 0.3) is 5.56 Å². The van der Waals surface area contributed by atoms with Crippen LogP contribution in [0, 0.1) is 20.8 Å². The number of nitrogens with zero attached hydrogens (tertiary/aromatic N) is 7. The molecule has 11 aromatic rings. The first kappa shape index (κ1) is 55.3. The number of benzene rings is 5. The highest BCUT2D eigenvalue weighted by Crippen LogP contribution is 2.47. The van der Waals surface area contributed by atoms with E-state index in [9.17, 15) is 24.6 Å². The lowest BCUT2D eigenvalue weighted by Gasteiger charge is -2.28. The van der Waals surface area contributed by atoms with Crippen LogP contribution in [0.25, 0.3) is 97.0 Å². The first-order chi connectivity index (χ1) is 38.4. The zero-order valence-electron chi connectivity index (χ0n) is 46.2. The van der Waals surface area contributed by atoms with E-state index in [0.717, 1.165) is 92.2 Å². The SMILES string of the molecule is Cc1cc2nc(-c3ccnc(-c4cnc5c(c4)cc(C)n5CCn4c5cc(-c6nc7cc(C)c([C@H](OC(C)(C)C)C(=O)O)c(-c8ccc(Cl)cc8)c7s6)ccc5c(=O)n4C)c3)sc2c(-c2ccc(Cl)cc2)c1[C@H](OC(C)(C)C)C(=O)O. The average Bonchev–Trinajstić information content (AvgIpc) is 4.41. The number of ether oxygens (including phenoxy) is 2. The number of carbonyl (C=O) groups is 2. The number of fused-ring (bicyclic) bond motifs is 4. The number of aliphatic carboxylic acids is 2. The van der Waals surface area contributed by atoms with Crippen molar-refractivity contribution >= 4 is 100 Å². The molecule has 0 saturated heterocycles. The van der Waals surface area contributed by atoms with Crippen molar-refractivity contribution in [3.8, 4) is 54.7 Å². The van der Waals surface area contributed by atoms with Gasteiger partial charge in [0.2, 0.25) is 0 Å². The molecule has 0 saturated carbocycles. The smallest absolute Gasteiger partial charge is 0.337 e. The summed E-state index contributed by atoms with van der Waals surface area (Å²) >= 11 is 15.6. The lowest BCUT2D eigenvalue weighted by molar-refractivity contribution is -0.161. The molecule has 14 nitrogen and oxygen atoms in total. The lowest BCUT2D eigenvalue weighted by atomic mass is 9.91. The highest BCUT2D eigenvalue weighted by atomic mass is 35.5. The Labute approximate surface area is 484 Å². The predicted molar refractivity (Wildman–Crippen MR) is 325 cm³/mol. The Hall–Kier alpha value is -7.57. The number of aromatic nitrogens is 7. The molecule has 11 rings (SSSR count). The summed E-state index contributed by atoms with van der Waals surface area (Å²) < 4.78 is 19.9.